The first-order valence-electron chi connectivity index (χ1n) is 9.43. The molecule has 23 heavy (non-hydrogen) atoms. The normalized spacial score (nSPS) is 18.6. The first-order chi connectivity index (χ1) is 11.2. The highest BCUT2D eigenvalue weighted by Gasteiger charge is 2.21. The van der Waals surface area contributed by atoms with Crippen molar-refractivity contribution in [2.24, 2.45) is 5.92 Å². The second kappa shape index (κ2) is 9.94. The summed E-state index contributed by atoms with van der Waals surface area (Å²) in [6.07, 6.45) is 10.2. The van der Waals surface area contributed by atoms with Gasteiger partial charge in [-0.05, 0) is 48.9 Å². The van der Waals surface area contributed by atoms with Crippen LogP contribution >= 0.6 is 0 Å². The number of aliphatic hydroxyl groups is 1. The summed E-state index contributed by atoms with van der Waals surface area (Å²) >= 11 is 0. The highest BCUT2D eigenvalue weighted by Crippen LogP contribution is 2.22. The molecule has 1 heterocycles. The largest absolute Gasteiger partial charge is 0.398 e. The number of likely N-dealkylation sites (tertiary alicyclic amines) is 1. The smallest absolute Gasteiger partial charge is 0.0471 e. The fourth-order valence-corrected chi connectivity index (χ4v) is 3.53. The summed E-state index contributed by atoms with van der Waals surface area (Å²) in [6.45, 7) is 5.63. The Hall–Kier alpha value is -1.06. The molecule has 2 rings (SSSR count). The summed E-state index contributed by atoms with van der Waals surface area (Å²) in [7, 11) is 0. The van der Waals surface area contributed by atoms with Crippen LogP contribution in [0.4, 0.5) is 5.69 Å². The lowest BCUT2D eigenvalue weighted by atomic mass is 10.0. The number of anilines is 1. The van der Waals surface area contributed by atoms with Gasteiger partial charge in [0.15, 0.2) is 0 Å². The highest BCUT2D eigenvalue weighted by atomic mass is 16.3. The molecule has 3 N–H and O–H groups in total. The molecule has 1 aliphatic heterocycles. The summed E-state index contributed by atoms with van der Waals surface area (Å²) in [6, 6.07) is 6.60. The first kappa shape index (κ1) is 18.3. The molecular formula is C20H34N2O. The molecule has 1 saturated heterocycles. The zero-order valence-corrected chi connectivity index (χ0v) is 14.8. The number of hydrogen-bond donors (Lipinski definition) is 2. The van der Waals surface area contributed by atoms with Gasteiger partial charge in [0.25, 0.3) is 0 Å². The molecule has 1 aliphatic rings. The number of hydrogen-bond acceptors (Lipinski definition) is 3. The molecular weight excluding hydrogens is 284 g/mol. The predicted molar refractivity (Wildman–Crippen MR) is 98.4 cm³/mol. The monoisotopic (exact) mass is 318 g/mol. The SMILES string of the molecule is CCCCCCCCc1ccc(CN2CCC(CO)C2)cc1N. The van der Waals surface area contributed by atoms with E-state index in [1.807, 2.05) is 0 Å². The van der Waals surface area contributed by atoms with Crippen LogP contribution in [0.1, 0.15) is 63.0 Å². The summed E-state index contributed by atoms with van der Waals surface area (Å²) in [5, 5.41) is 9.23. The Morgan fingerprint density at radius 3 is 2.65 bits per heavy atom. The Morgan fingerprint density at radius 2 is 1.96 bits per heavy atom. The predicted octanol–water partition coefficient (Wildman–Crippen LogP) is 3.99. The molecule has 3 heteroatoms. The lowest BCUT2D eigenvalue weighted by Crippen LogP contribution is -2.21. The molecule has 1 fully saturated rings. The van der Waals surface area contributed by atoms with Crippen LogP contribution in [0, 0.1) is 5.92 Å². The van der Waals surface area contributed by atoms with Gasteiger partial charge in [0.1, 0.15) is 0 Å². The van der Waals surface area contributed by atoms with Crippen LogP contribution in [0.15, 0.2) is 18.2 Å². The maximum absolute atomic E-state index is 9.23. The molecule has 0 aromatic heterocycles. The van der Waals surface area contributed by atoms with Crippen molar-refractivity contribution in [1.82, 2.24) is 4.90 Å². The molecule has 0 bridgehead atoms. The van der Waals surface area contributed by atoms with Crippen molar-refractivity contribution in [3.8, 4) is 0 Å². The third-order valence-electron chi connectivity index (χ3n) is 5.04. The first-order valence-corrected chi connectivity index (χ1v) is 9.43. The highest BCUT2D eigenvalue weighted by molar-refractivity contribution is 5.49. The van der Waals surface area contributed by atoms with Crippen LogP contribution in [0.3, 0.4) is 0 Å². The average molecular weight is 319 g/mol. The number of rotatable bonds is 10. The Kier molecular flexibility index (Phi) is 7.90. The number of benzene rings is 1. The van der Waals surface area contributed by atoms with Gasteiger partial charge in [-0.15, -0.1) is 0 Å². The maximum Gasteiger partial charge on any atom is 0.0471 e. The second-order valence-corrected chi connectivity index (χ2v) is 7.12. The van der Waals surface area contributed by atoms with Crippen molar-refractivity contribution in [3.63, 3.8) is 0 Å². The summed E-state index contributed by atoms with van der Waals surface area (Å²) < 4.78 is 0. The van der Waals surface area contributed by atoms with Crippen molar-refractivity contribution < 1.29 is 5.11 Å². The van der Waals surface area contributed by atoms with Crippen LogP contribution in [-0.4, -0.2) is 29.7 Å². The van der Waals surface area contributed by atoms with Crippen molar-refractivity contribution in [2.45, 2.75) is 64.8 Å². The van der Waals surface area contributed by atoms with Gasteiger partial charge in [-0.2, -0.15) is 0 Å². The van der Waals surface area contributed by atoms with Gasteiger partial charge in [0, 0.05) is 25.4 Å². The summed E-state index contributed by atoms with van der Waals surface area (Å²) in [5.41, 5.74) is 9.81. The number of nitrogens with zero attached hydrogens (tertiary/aromatic N) is 1. The second-order valence-electron chi connectivity index (χ2n) is 7.12. The number of nitrogens with two attached hydrogens (primary N) is 1. The molecule has 1 aromatic carbocycles. The number of unbranched alkanes of at least 4 members (excludes halogenated alkanes) is 5. The third-order valence-corrected chi connectivity index (χ3v) is 5.04. The van der Waals surface area contributed by atoms with E-state index in [9.17, 15) is 5.11 Å². The quantitative estimate of drug-likeness (QED) is 0.506. The van der Waals surface area contributed by atoms with Crippen LogP contribution in [0.25, 0.3) is 0 Å². The standard InChI is InChI=1S/C20H34N2O/c1-2-3-4-5-6-7-8-19-10-9-17(13-20(19)21)14-22-12-11-18(15-22)16-23/h9-10,13,18,23H,2-8,11-12,14-16,21H2,1H3. The van der Waals surface area contributed by atoms with Crippen molar-refractivity contribution in [1.29, 1.82) is 0 Å². The molecule has 0 aliphatic carbocycles. The van der Waals surface area contributed by atoms with E-state index in [0.29, 0.717) is 12.5 Å². The van der Waals surface area contributed by atoms with E-state index in [2.05, 4.69) is 30.0 Å². The van der Waals surface area contributed by atoms with Gasteiger partial charge < -0.3 is 10.8 Å². The lowest BCUT2D eigenvalue weighted by molar-refractivity contribution is 0.220. The van der Waals surface area contributed by atoms with Crippen LogP contribution < -0.4 is 5.73 Å². The molecule has 1 aromatic rings. The third kappa shape index (κ3) is 6.15. The average Bonchev–Trinajstić information content (AvgIpc) is 3.00. The summed E-state index contributed by atoms with van der Waals surface area (Å²) in [5.74, 6) is 0.458. The Balaban J connectivity index is 1.74. The zero-order valence-electron chi connectivity index (χ0n) is 14.8. The van der Waals surface area contributed by atoms with Crippen LogP contribution in [-0.2, 0) is 13.0 Å². The van der Waals surface area contributed by atoms with Crippen molar-refractivity contribution in [3.05, 3.63) is 29.3 Å². The van der Waals surface area contributed by atoms with Gasteiger partial charge in [-0.25, -0.2) is 0 Å². The Morgan fingerprint density at radius 1 is 1.17 bits per heavy atom. The van der Waals surface area contributed by atoms with Gasteiger partial charge in [-0.3, -0.25) is 4.90 Å². The molecule has 0 amide bonds. The molecule has 1 atom stereocenters. The number of nitrogen functional groups attached to an aromatic ring is 1. The lowest BCUT2D eigenvalue weighted by Gasteiger charge is -2.16. The van der Waals surface area contributed by atoms with E-state index in [1.165, 1.54) is 49.7 Å². The van der Waals surface area contributed by atoms with Gasteiger partial charge >= 0.3 is 0 Å². The molecule has 1 unspecified atom stereocenters. The van der Waals surface area contributed by atoms with Gasteiger partial charge in [0.05, 0.1) is 0 Å². The fourth-order valence-electron chi connectivity index (χ4n) is 3.53. The molecule has 3 nitrogen and oxygen atoms in total. The van der Waals surface area contributed by atoms with Gasteiger partial charge in [0.2, 0.25) is 0 Å². The Bertz CT molecular complexity index is 461. The minimum atomic E-state index is 0.315. The van der Waals surface area contributed by atoms with Crippen molar-refractivity contribution >= 4 is 5.69 Å². The van der Waals surface area contributed by atoms with E-state index < -0.39 is 0 Å². The number of aryl methyl sites for hydroxylation is 1. The fraction of sp³-hybridized carbons (Fsp3) is 0.700. The van der Waals surface area contributed by atoms with Crippen LogP contribution in [0.2, 0.25) is 0 Å². The minimum Gasteiger partial charge on any atom is -0.398 e. The molecule has 0 radical (unpaired) electrons. The van der Waals surface area contributed by atoms with E-state index in [-0.39, 0.29) is 0 Å². The molecule has 0 spiro atoms. The zero-order chi connectivity index (χ0) is 16.5. The van der Waals surface area contributed by atoms with E-state index in [4.69, 9.17) is 5.73 Å². The Labute approximate surface area is 141 Å². The molecule has 0 saturated carbocycles. The maximum atomic E-state index is 9.23. The van der Waals surface area contributed by atoms with E-state index in [1.54, 1.807) is 0 Å². The summed E-state index contributed by atoms with van der Waals surface area (Å²) in [4.78, 5) is 2.42. The van der Waals surface area contributed by atoms with Gasteiger partial charge in [-0.1, -0.05) is 51.2 Å². The van der Waals surface area contributed by atoms with E-state index in [0.717, 1.165) is 38.2 Å². The van der Waals surface area contributed by atoms with E-state index >= 15 is 0 Å². The van der Waals surface area contributed by atoms with Crippen molar-refractivity contribution in [2.75, 3.05) is 25.4 Å². The topological polar surface area (TPSA) is 49.5 Å². The minimum absolute atomic E-state index is 0.315. The molecule has 130 valence electrons. The van der Waals surface area contributed by atoms with Crippen LogP contribution in [0.5, 0.6) is 0 Å². The number of aliphatic hydroxyl groups excluding tert-OH is 1.